The van der Waals surface area contributed by atoms with Crippen LogP contribution in [0.25, 0.3) is 0 Å². The van der Waals surface area contributed by atoms with Gasteiger partial charge in [0.1, 0.15) is 0 Å². The fraction of sp³-hybridized carbons (Fsp3) is 1.00. The van der Waals surface area contributed by atoms with E-state index in [9.17, 15) is 17.6 Å². The lowest BCUT2D eigenvalue weighted by atomic mass is 9.82. The Labute approximate surface area is 105 Å². The Morgan fingerprint density at radius 2 is 1.61 bits per heavy atom. The summed E-state index contributed by atoms with van der Waals surface area (Å²) in [4.78, 5) is 0. The summed E-state index contributed by atoms with van der Waals surface area (Å²) >= 11 is 0. The number of fused-ring (bicyclic) bond motifs is 2. The van der Waals surface area contributed by atoms with Crippen molar-refractivity contribution in [2.24, 2.45) is 17.8 Å². The first kappa shape index (κ1) is 14.1. The Morgan fingerprint density at radius 3 is 2.00 bits per heavy atom. The maximum absolute atomic E-state index is 13.4. The molecule has 0 spiro atoms. The molecule has 4 unspecified atom stereocenters. The van der Waals surface area contributed by atoms with Crippen LogP contribution in [0.3, 0.4) is 0 Å². The Hall–Kier alpha value is -0.320. The van der Waals surface area contributed by atoms with Crippen molar-refractivity contribution in [1.29, 1.82) is 0 Å². The van der Waals surface area contributed by atoms with Gasteiger partial charge in [0, 0.05) is 5.92 Å². The quantitative estimate of drug-likeness (QED) is 0.700. The van der Waals surface area contributed by atoms with E-state index in [2.05, 4.69) is 0 Å². The fourth-order valence-corrected chi connectivity index (χ4v) is 3.45. The summed E-state index contributed by atoms with van der Waals surface area (Å²) in [5.41, 5.74) is -0.310. The molecule has 0 heterocycles. The third-order valence-corrected chi connectivity index (χ3v) is 4.08. The molecule has 0 N–H and O–H groups in total. The summed E-state index contributed by atoms with van der Waals surface area (Å²) in [6.07, 6.45) is -2.32. The van der Waals surface area contributed by atoms with E-state index in [4.69, 9.17) is 4.74 Å². The zero-order valence-electron chi connectivity index (χ0n) is 10.9. The lowest BCUT2D eigenvalue weighted by molar-refractivity contribution is -0.185. The van der Waals surface area contributed by atoms with Crippen molar-refractivity contribution in [3.8, 4) is 0 Å². The fourth-order valence-electron chi connectivity index (χ4n) is 3.45. The average molecular weight is 268 g/mol. The minimum absolute atomic E-state index is 0.0175. The molecule has 2 rings (SSSR count). The van der Waals surface area contributed by atoms with Crippen LogP contribution < -0.4 is 0 Å². The van der Waals surface area contributed by atoms with Gasteiger partial charge in [-0.25, -0.2) is 8.78 Å². The van der Waals surface area contributed by atoms with Crippen molar-refractivity contribution in [2.45, 2.75) is 64.1 Å². The zero-order chi connectivity index (χ0) is 13.7. The molecule has 2 saturated carbocycles. The average Bonchev–Trinajstić information content (AvgIpc) is 2.73. The van der Waals surface area contributed by atoms with Crippen LogP contribution in [-0.2, 0) is 4.74 Å². The first-order valence-electron chi connectivity index (χ1n) is 6.45. The van der Waals surface area contributed by atoms with Crippen LogP contribution in [-0.4, -0.2) is 24.1 Å². The standard InChI is InChI=1S/C13H20F4O/c1-12(2,3)18-10-6-7-4-8(10)5-9(7)13(16,17)11(14)15/h7-11H,4-6H2,1-3H3. The Kier molecular flexibility index (Phi) is 3.41. The summed E-state index contributed by atoms with van der Waals surface area (Å²) in [5.74, 6) is -5.30. The Balaban J connectivity index is 1.99. The molecule has 0 aliphatic heterocycles. The monoisotopic (exact) mass is 268 g/mol. The summed E-state index contributed by atoms with van der Waals surface area (Å²) in [5, 5.41) is 0. The second kappa shape index (κ2) is 4.36. The van der Waals surface area contributed by atoms with Gasteiger partial charge in [-0.3, -0.25) is 0 Å². The predicted molar refractivity (Wildman–Crippen MR) is 59.9 cm³/mol. The van der Waals surface area contributed by atoms with E-state index in [-0.39, 0.29) is 30.0 Å². The van der Waals surface area contributed by atoms with E-state index in [1.807, 2.05) is 20.8 Å². The Morgan fingerprint density at radius 1 is 1.00 bits per heavy atom. The van der Waals surface area contributed by atoms with Crippen LogP contribution in [0.2, 0.25) is 0 Å². The number of hydrogen-bond acceptors (Lipinski definition) is 1. The lowest BCUT2D eigenvalue weighted by Crippen LogP contribution is -2.42. The molecule has 5 heteroatoms. The van der Waals surface area contributed by atoms with Crippen molar-refractivity contribution in [1.82, 2.24) is 0 Å². The van der Waals surface area contributed by atoms with Crippen molar-refractivity contribution in [3.63, 3.8) is 0 Å². The number of rotatable bonds is 3. The van der Waals surface area contributed by atoms with Gasteiger partial charge in [0.05, 0.1) is 11.7 Å². The molecule has 0 aromatic heterocycles. The zero-order valence-corrected chi connectivity index (χ0v) is 10.9. The van der Waals surface area contributed by atoms with Crippen LogP contribution in [0.15, 0.2) is 0 Å². The van der Waals surface area contributed by atoms with Gasteiger partial charge in [-0.2, -0.15) is 8.78 Å². The molecule has 0 saturated heterocycles. The minimum atomic E-state index is -3.84. The number of halogens is 4. The first-order chi connectivity index (χ1) is 8.11. The van der Waals surface area contributed by atoms with E-state index in [1.54, 1.807) is 0 Å². The van der Waals surface area contributed by atoms with Gasteiger partial charge in [0.25, 0.3) is 0 Å². The second-order valence-electron chi connectivity index (χ2n) is 6.58. The van der Waals surface area contributed by atoms with Crippen LogP contribution in [0.5, 0.6) is 0 Å². The molecule has 0 amide bonds. The molecule has 0 aromatic carbocycles. The van der Waals surface area contributed by atoms with Gasteiger partial charge in [0.15, 0.2) is 0 Å². The smallest absolute Gasteiger partial charge is 0.310 e. The predicted octanol–water partition coefficient (Wildman–Crippen LogP) is 4.12. The Bertz CT molecular complexity index is 311. The molecule has 2 bridgehead atoms. The molecule has 0 aromatic rings. The molecule has 2 aliphatic carbocycles. The number of alkyl halides is 4. The molecule has 4 atom stereocenters. The third-order valence-electron chi connectivity index (χ3n) is 4.08. The molecule has 2 aliphatic rings. The van der Waals surface area contributed by atoms with Crippen molar-refractivity contribution in [3.05, 3.63) is 0 Å². The highest BCUT2D eigenvalue weighted by Crippen LogP contribution is 2.56. The maximum atomic E-state index is 13.4. The minimum Gasteiger partial charge on any atom is -0.372 e. The van der Waals surface area contributed by atoms with Gasteiger partial charge < -0.3 is 4.74 Å². The van der Waals surface area contributed by atoms with Crippen LogP contribution in [0.4, 0.5) is 17.6 Å². The van der Waals surface area contributed by atoms with E-state index in [1.165, 1.54) is 0 Å². The van der Waals surface area contributed by atoms with Crippen molar-refractivity contribution < 1.29 is 22.3 Å². The molecule has 18 heavy (non-hydrogen) atoms. The van der Waals surface area contributed by atoms with E-state index in [0.29, 0.717) is 12.8 Å². The van der Waals surface area contributed by atoms with Gasteiger partial charge >= 0.3 is 12.3 Å². The molecule has 1 nitrogen and oxygen atoms in total. The van der Waals surface area contributed by atoms with Gasteiger partial charge in [0.2, 0.25) is 0 Å². The highest BCUT2D eigenvalue weighted by Gasteiger charge is 2.59. The van der Waals surface area contributed by atoms with Crippen molar-refractivity contribution >= 4 is 0 Å². The number of hydrogen-bond donors (Lipinski definition) is 0. The summed E-state index contributed by atoms with van der Waals surface area (Å²) in [6, 6.07) is 0. The highest BCUT2D eigenvalue weighted by atomic mass is 19.3. The SMILES string of the molecule is CC(C)(C)OC1CC2CC1CC2C(F)(F)C(F)F. The number of ether oxygens (including phenoxy) is 1. The van der Waals surface area contributed by atoms with Crippen LogP contribution in [0, 0.1) is 17.8 Å². The van der Waals surface area contributed by atoms with Gasteiger partial charge in [-0.05, 0) is 51.9 Å². The third kappa shape index (κ3) is 2.51. The summed E-state index contributed by atoms with van der Waals surface area (Å²) in [7, 11) is 0. The van der Waals surface area contributed by atoms with Crippen LogP contribution >= 0.6 is 0 Å². The summed E-state index contributed by atoms with van der Waals surface area (Å²) in [6.45, 7) is 5.76. The van der Waals surface area contributed by atoms with Crippen LogP contribution in [0.1, 0.15) is 40.0 Å². The van der Waals surface area contributed by atoms with E-state index in [0.717, 1.165) is 0 Å². The lowest BCUT2D eigenvalue weighted by Gasteiger charge is -2.35. The first-order valence-corrected chi connectivity index (χ1v) is 6.45. The largest absolute Gasteiger partial charge is 0.372 e. The second-order valence-corrected chi connectivity index (χ2v) is 6.58. The molecular formula is C13H20F4O. The van der Waals surface area contributed by atoms with Gasteiger partial charge in [-0.1, -0.05) is 0 Å². The normalized spacial score (nSPS) is 36.7. The topological polar surface area (TPSA) is 9.23 Å². The molecule has 2 fully saturated rings. The van der Waals surface area contributed by atoms with Gasteiger partial charge in [-0.15, -0.1) is 0 Å². The van der Waals surface area contributed by atoms with Crippen molar-refractivity contribution in [2.75, 3.05) is 0 Å². The van der Waals surface area contributed by atoms with E-state index < -0.39 is 18.3 Å². The summed E-state index contributed by atoms with van der Waals surface area (Å²) < 4.78 is 57.3. The molecule has 106 valence electrons. The van der Waals surface area contributed by atoms with E-state index >= 15 is 0 Å². The molecular weight excluding hydrogens is 248 g/mol. The maximum Gasteiger partial charge on any atom is 0.310 e. The molecule has 0 radical (unpaired) electrons. The highest BCUT2D eigenvalue weighted by molar-refractivity contribution is 5.01.